The second-order valence-corrected chi connectivity index (χ2v) is 10.6. The molecule has 0 fully saturated rings. The molecule has 0 bridgehead atoms. The summed E-state index contributed by atoms with van der Waals surface area (Å²) in [7, 11) is 0. The number of rotatable bonds is 10. The van der Waals surface area contributed by atoms with Gasteiger partial charge in [-0.2, -0.15) is 4.98 Å². The molecule has 1 unspecified atom stereocenters. The number of ether oxygens (including phenoxy) is 2. The average molecular weight is 572 g/mol. The number of allylic oxidation sites excluding steroid dienone is 1. The average Bonchev–Trinajstić information content (AvgIpc) is 3.27. The minimum absolute atomic E-state index is 0.347. The summed E-state index contributed by atoms with van der Waals surface area (Å²) < 4.78 is 14.6. The number of halogens is 1. The van der Waals surface area contributed by atoms with Crippen molar-refractivity contribution in [2.45, 2.75) is 58.3 Å². The molecule has 1 atom stereocenters. The molecule has 3 aromatic rings. The van der Waals surface area contributed by atoms with E-state index in [0.29, 0.717) is 41.3 Å². The van der Waals surface area contributed by atoms with Gasteiger partial charge in [0.25, 0.3) is 0 Å². The van der Waals surface area contributed by atoms with Gasteiger partial charge in [0.05, 0.1) is 12.2 Å². The van der Waals surface area contributed by atoms with Gasteiger partial charge in [0.15, 0.2) is 0 Å². The minimum atomic E-state index is -0.557. The lowest BCUT2D eigenvalue weighted by Gasteiger charge is -2.29. The fourth-order valence-electron chi connectivity index (χ4n) is 4.00. The zero-order valence-corrected chi connectivity index (χ0v) is 23.4. The summed E-state index contributed by atoms with van der Waals surface area (Å²) in [6, 6.07) is 13.4. The first kappa shape index (κ1) is 26.3. The van der Waals surface area contributed by atoms with Crippen molar-refractivity contribution >= 4 is 39.6 Å². The van der Waals surface area contributed by atoms with Gasteiger partial charge in [0, 0.05) is 21.5 Å². The van der Waals surface area contributed by atoms with Crippen molar-refractivity contribution in [2.24, 2.45) is 0 Å². The number of carbonyl (C=O) groups excluding carboxylic acids is 1. The summed E-state index contributed by atoms with van der Waals surface area (Å²) in [6.45, 7) is 8.80. The predicted octanol–water partition coefficient (Wildman–Crippen LogP) is 6.67. The monoisotopic (exact) mass is 570 g/mol. The van der Waals surface area contributed by atoms with E-state index in [1.165, 1.54) is 0 Å². The van der Waals surface area contributed by atoms with Gasteiger partial charge >= 0.3 is 5.97 Å². The van der Waals surface area contributed by atoms with Crippen LogP contribution in [-0.4, -0.2) is 33.1 Å². The summed E-state index contributed by atoms with van der Waals surface area (Å²) in [4.78, 5) is 18.0. The lowest BCUT2D eigenvalue weighted by atomic mass is 9.95. The molecule has 36 heavy (non-hydrogen) atoms. The number of nitrogens with zero attached hydrogens (tertiary/aromatic N) is 3. The van der Waals surface area contributed by atoms with Crippen LogP contribution in [0.15, 0.2) is 63.4 Å². The van der Waals surface area contributed by atoms with Crippen molar-refractivity contribution in [3.05, 3.63) is 74.9 Å². The largest absolute Gasteiger partial charge is 0.489 e. The zero-order chi connectivity index (χ0) is 25.7. The maximum absolute atomic E-state index is 13.3. The van der Waals surface area contributed by atoms with Crippen LogP contribution in [0.5, 0.6) is 5.75 Å². The molecule has 0 saturated carbocycles. The first-order chi connectivity index (χ1) is 17.4. The van der Waals surface area contributed by atoms with Crippen LogP contribution in [0.25, 0.3) is 0 Å². The van der Waals surface area contributed by atoms with Crippen molar-refractivity contribution < 1.29 is 14.3 Å². The standard InChI is InChI=1S/C27H31BrN4O3S/c1-5-13-34-25(33)23-18(4)29-26-30-27(36-14-6-2)31-32(26)24(23)21-15-20(28)11-12-22(21)35-16-19-10-8-7-9-17(19)3/h7-12,15,24H,5-6,13-14,16H2,1-4H3,(H,29,30,31). The van der Waals surface area contributed by atoms with E-state index in [4.69, 9.17) is 19.6 Å². The quantitative estimate of drug-likeness (QED) is 0.215. The van der Waals surface area contributed by atoms with E-state index in [-0.39, 0.29) is 5.97 Å². The smallest absolute Gasteiger partial charge is 0.338 e. The number of esters is 1. The highest BCUT2D eigenvalue weighted by molar-refractivity contribution is 9.10. The molecular formula is C27H31BrN4O3S. The van der Waals surface area contributed by atoms with Crippen molar-refractivity contribution in [2.75, 3.05) is 17.7 Å². The summed E-state index contributed by atoms with van der Waals surface area (Å²) in [5.41, 5.74) is 4.25. The molecule has 1 aliphatic heterocycles. The van der Waals surface area contributed by atoms with Crippen LogP contribution in [0.3, 0.4) is 0 Å². The van der Waals surface area contributed by atoms with E-state index in [2.05, 4.69) is 47.2 Å². The Balaban J connectivity index is 1.79. The topological polar surface area (TPSA) is 78.3 Å². The number of fused-ring (bicyclic) bond motifs is 1. The molecule has 9 heteroatoms. The second kappa shape index (κ2) is 12.0. The Morgan fingerprint density at radius 2 is 1.97 bits per heavy atom. The van der Waals surface area contributed by atoms with Crippen LogP contribution < -0.4 is 10.1 Å². The fraction of sp³-hybridized carbons (Fsp3) is 0.370. The Labute approximate surface area is 224 Å². The van der Waals surface area contributed by atoms with E-state index >= 15 is 0 Å². The molecule has 0 saturated heterocycles. The molecule has 7 nitrogen and oxygen atoms in total. The zero-order valence-electron chi connectivity index (χ0n) is 21.0. The Kier molecular flexibility index (Phi) is 8.74. The molecule has 2 aromatic carbocycles. The van der Waals surface area contributed by atoms with E-state index in [1.54, 1.807) is 16.4 Å². The van der Waals surface area contributed by atoms with Crippen LogP contribution in [-0.2, 0) is 16.1 Å². The summed E-state index contributed by atoms with van der Waals surface area (Å²) in [6.07, 6.45) is 1.75. The van der Waals surface area contributed by atoms with Gasteiger partial charge in [-0.25, -0.2) is 9.48 Å². The highest BCUT2D eigenvalue weighted by Gasteiger charge is 2.37. The molecule has 1 N–H and O–H groups in total. The predicted molar refractivity (Wildman–Crippen MR) is 146 cm³/mol. The van der Waals surface area contributed by atoms with Crippen LogP contribution in [0.4, 0.5) is 5.95 Å². The highest BCUT2D eigenvalue weighted by Crippen LogP contribution is 2.41. The maximum Gasteiger partial charge on any atom is 0.338 e. The molecule has 0 amide bonds. The van der Waals surface area contributed by atoms with Gasteiger partial charge in [0.1, 0.15) is 18.4 Å². The first-order valence-corrected chi connectivity index (χ1v) is 13.9. The fourth-order valence-corrected chi connectivity index (χ4v) is 5.06. The summed E-state index contributed by atoms with van der Waals surface area (Å²) >= 11 is 5.21. The molecular weight excluding hydrogens is 540 g/mol. The first-order valence-electron chi connectivity index (χ1n) is 12.1. The van der Waals surface area contributed by atoms with Gasteiger partial charge in [-0.3, -0.25) is 0 Å². The van der Waals surface area contributed by atoms with Gasteiger partial charge in [-0.05, 0) is 56.0 Å². The van der Waals surface area contributed by atoms with Crippen LogP contribution in [0, 0.1) is 6.92 Å². The second-order valence-electron chi connectivity index (χ2n) is 8.61. The number of aryl methyl sites for hydroxylation is 1. The third kappa shape index (κ3) is 5.78. The third-order valence-corrected chi connectivity index (χ3v) is 7.37. The number of hydrogen-bond acceptors (Lipinski definition) is 7. The lowest BCUT2D eigenvalue weighted by Crippen LogP contribution is -2.30. The molecule has 1 aliphatic rings. The molecule has 190 valence electrons. The van der Waals surface area contributed by atoms with Gasteiger partial charge < -0.3 is 14.8 Å². The number of carbonyl (C=O) groups is 1. The number of aromatic nitrogens is 3. The van der Waals surface area contributed by atoms with Crippen molar-refractivity contribution in [3.8, 4) is 5.75 Å². The van der Waals surface area contributed by atoms with Gasteiger partial charge in [0.2, 0.25) is 11.1 Å². The maximum atomic E-state index is 13.3. The van der Waals surface area contributed by atoms with Crippen molar-refractivity contribution in [1.82, 2.24) is 14.8 Å². The molecule has 1 aromatic heterocycles. The van der Waals surface area contributed by atoms with Crippen LogP contribution in [0.1, 0.15) is 56.3 Å². The van der Waals surface area contributed by atoms with E-state index < -0.39 is 6.04 Å². The highest BCUT2D eigenvalue weighted by atomic mass is 79.9. The molecule has 2 heterocycles. The molecule has 0 aliphatic carbocycles. The molecule has 0 radical (unpaired) electrons. The number of hydrogen-bond donors (Lipinski definition) is 1. The van der Waals surface area contributed by atoms with Crippen LogP contribution >= 0.6 is 27.7 Å². The third-order valence-electron chi connectivity index (χ3n) is 5.84. The Hall–Kier alpha value is -2.78. The number of benzene rings is 2. The Morgan fingerprint density at radius 1 is 1.17 bits per heavy atom. The summed E-state index contributed by atoms with van der Waals surface area (Å²) in [5.74, 6) is 1.80. The molecule has 4 rings (SSSR count). The normalized spacial score (nSPS) is 14.9. The van der Waals surface area contributed by atoms with Crippen LogP contribution in [0.2, 0.25) is 0 Å². The lowest BCUT2D eigenvalue weighted by molar-refractivity contribution is -0.139. The number of nitrogens with one attached hydrogen (secondary N) is 1. The van der Waals surface area contributed by atoms with E-state index in [9.17, 15) is 4.79 Å². The Bertz CT molecular complexity index is 1270. The SMILES string of the molecule is CCCOC(=O)C1=C(C)Nc2nc(SCCC)nn2C1c1cc(Br)ccc1OCc1ccccc1C. The van der Waals surface area contributed by atoms with Crippen molar-refractivity contribution in [1.29, 1.82) is 0 Å². The minimum Gasteiger partial charge on any atom is -0.489 e. The number of anilines is 1. The Morgan fingerprint density at radius 3 is 2.72 bits per heavy atom. The summed E-state index contributed by atoms with van der Waals surface area (Å²) in [5, 5.41) is 8.72. The van der Waals surface area contributed by atoms with Gasteiger partial charge in [-0.15, -0.1) is 5.10 Å². The van der Waals surface area contributed by atoms with E-state index in [0.717, 1.165) is 39.8 Å². The number of thioether (sulfide) groups is 1. The van der Waals surface area contributed by atoms with Crippen molar-refractivity contribution in [3.63, 3.8) is 0 Å². The van der Waals surface area contributed by atoms with Gasteiger partial charge in [-0.1, -0.05) is 65.8 Å². The van der Waals surface area contributed by atoms with E-state index in [1.807, 2.05) is 44.2 Å². The molecule has 0 spiro atoms.